The number of phenols is 2. The summed E-state index contributed by atoms with van der Waals surface area (Å²) in [5.74, 6) is -2.09. The molecular formula is C18H21NO5. The summed E-state index contributed by atoms with van der Waals surface area (Å²) in [5.41, 5.74) is 2.56. The van der Waals surface area contributed by atoms with Crippen molar-refractivity contribution in [2.45, 2.75) is 34.2 Å². The number of Topliss-reactive ketones (excluding diaryl/α,β-unsaturated/α-hetero) is 1. The summed E-state index contributed by atoms with van der Waals surface area (Å²) in [5, 5.41) is 19.5. The number of rotatable bonds is 5. The molecule has 0 amide bonds. The predicted molar refractivity (Wildman–Crippen MR) is 88.7 cm³/mol. The lowest BCUT2D eigenvalue weighted by Gasteiger charge is -2.09. The molecule has 1 heterocycles. The van der Waals surface area contributed by atoms with Gasteiger partial charge >= 0.3 is 5.97 Å². The van der Waals surface area contributed by atoms with E-state index >= 15 is 0 Å². The van der Waals surface area contributed by atoms with E-state index in [4.69, 9.17) is 4.74 Å². The van der Waals surface area contributed by atoms with Crippen molar-refractivity contribution in [1.29, 1.82) is 0 Å². The number of aromatic hydroxyl groups is 2. The maximum Gasteiger partial charge on any atom is 0.342 e. The third-order valence-corrected chi connectivity index (χ3v) is 4.10. The number of carbonyl (C=O) groups excluding carboxylic acids is 2. The predicted octanol–water partition coefficient (Wildman–Crippen LogP) is 2.88. The molecule has 0 saturated heterocycles. The van der Waals surface area contributed by atoms with Crippen LogP contribution >= 0.6 is 0 Å². The lowest BCUT2D eigenvalue weighted by molar-refractivity contribution is 0.0471. The van der Waals surface area contributed by atoms with Crippen LogP contribution in [0.2, 0.25) is 0 Å². The van der Waals surface area contributed by atoms with Gasteiger partial charge in [-0.3, -0.25) is 4.79 Å². The van der Waals surface area contributed by atoms with Gasteiger partial charge in [0.2, 0.25) is 5.78 Å². The molecule has 1 aromatic carbocycles. The van der Waals surface area contributed by atoms with Crippen LogP contribution in [0, 0.1) is 20.8 Å². The molecule has 6 heteroatoms. The van der Waals surface area contributed by atoms with Crippen LogP contribution in [0.3, 0.4) is 0 Å². The highest BCUT2D eigenvalue weighted by molar-refractivity contribution is 6.01. The van der Waals surface area contributed by atoms with Crippen LogP contribution in [0.5, 0.6) is 11.5 Å². The summed E-state index contributed by atoms with van der Waals surface area (Å²) in [6, 6.07) is 4.60. The van der Waals surface area contributed by atoms with Crippen molar-refractivity contribution in [3.8, 4) is 11.5 Å². The van der Waals surface area contributed by atoms with Gasteiger partial charge < -0.3 is 19.5 Å². The highest BCUT2D eigenvalue weighted by Gasteiger charge is 2.20. The Bertz CT molecular complexity index is 804. The quantitative estimate of drug-likeness (QED) is 0.499. The number of esters is 1. The van der Waals surface area contributed by atoms with Crippen molar-refractivity contribution < 1.29 is 24.5 Å². The summed E-state index contributed by atoms with van der Waals surface area (Å²) < 4.78 is 6.99. The maximum absolute atomic E-state index is 12.3. The Morgan fingerprint density at radius 1 is 1.08 bits per heavy atom. The van der Waals surface area contributed by atoms with Crippen LogP contribution in [-0.2, 0) is 11.3 Å². The molecule has 1 aromatic heterocycles. The number of benzene rings is 1. The van der Waals surface area contributed by atoms with E-state index in [0.717, 1.165) is 17.9 Å². The molecule has 2 aromatic rings. The normalized spacial score (nSPS) is 10.7. The zero-order chi connectivity index (χ0) is 18.0. The maximum atomic E-state index is 12.3. The van der Waals surface area contributed by atoms with E-state index in [2.05, 4.69) is 0 Å². The number of ether oxygens (including phenoxy) is 1. The van der Waals surface area contributed by atoms with Crippen LogP contribution in [0.4, 0.5) is 0 Å². The smallest absolute Gasteiger partial charge is 0.342 e. The van der Waals surface area contributed by atoms with Crippen LogP contribution in [0.1, 0.15) is 44.6 Å². The Kier molecular flexibility index (Phi) is 4.97. The van der Waals surface area contributed by atoms with Gasteiger partial charge in [-0.1, -0.05) is 6.07 Å². The standard InChI is InChI=1S/C18H21NO5/c1-5-19-11(3)8-14(12(19)4)15(20)9-24-18(23)13-7-6-10(2)16(21)17(13)22/h6-8,21-22H,5,9H2,1-4H3. The molecule has 6 nitrogen and oxygen atoms in total. The van der Waals surface area contributed by atoms with Crippen molar-refractivity contribution in [3.05, 3.63) is 46.3 Å². The summed E-state index contributed by atoms with van der Waals surface area (Å²) in [7, 11) is 0. The molecule has 24 heavy (non-hydrogen) atoms. The first-order valence-electron chi connectivity index (χ1n) is 7.66. The minimum atomic E-state index is -0.861. The summed E-state index contributed by atoms with van der Waals surface area (Å²) in [6.45, 7) is 7.65. The minimum Gasteiger partial charge on any atom is -0.504 e. The lowest BCUT2D eigenvalue weighted by Crippen LogP contribution is -2.15. The molecule has 0 unspecified atom stereocenters. The van der Waals surface area contributed by atoms with E-state index in [1.807, 2.05) is 25.3 Å². The van der Waals surface area contributed by atoms with E-state index < -0.39 is 18.3 Å². The average molecular weight is 331 g/mol. The Morgan fingerprint density at radius 2 is 1.75 bits per heavy atom. The highest BCUT2D eigenvalue weighted by Crippen LogP contribution is 2.32. The van der Waals surface area contributed by atoms with E-state index in [0.29, 0.717) is 11.1 Å². The minimum absolute atomic E-state index is 0.176. The van der Waals surface area contributed by atoms with Gasteiger partial charge in [0.05, 0.1) is 0 Å². The van der Waals surface area contributed by atoms with Gasteiger partial charge in [0, 0.05) is 23.5 Å². The van der Waals surface area contributed by atoms with Gasteiger partial charge in [-0.05, 0) is 45.4 Å². The molecule has 0 aliphatic rings. The SMILES string of the molecule is CCn1c(C)cc(C(=O)COC(=O)c2ccc(C)c(O)c2O)c1C. The Hall–Kier alpha value is -2.76. The molecule has 2 rings (SSSR count). The largest absolute Gasteiger partial charge is 0.504 e. The molecule has 0 aliphatic heterocycles. The van der Waals surface area contributed by atoms with Crippen molar-refractivity contribution in [2.24, 2.45) is 0 Å². The molecular weight excluding hydrogens is 310 g/mol. The summed E-state index contributed by atoms with van der Waals surface area (Å²) in [6.07, 6.45) is 0. The molecule has 0 radical (unpaired) electrons. The number of carbonyl (C=O) groups is 2. The first-order chi connectivity index (χ1) is 11.3. The van der Waals surface area contributed by atoms with Crippen molar-refractivity contribution in [3.63, 3.8) is 0 Å². The van der Waals surface area contributed by atoms with Gasteiger partial charge in [-0.15, -0.1) is 0 Å². The fourth-order valence-electron chi connectivity index (χ4n) is 2.70. The van der Waals surface area contributed by atoms with Crippen LogP contribution in [-0.4, -0.2) is 33.1 Å². The molecule has 0 atom stereocenters. The number of ketones is 1. The fraction of sp³-hybridized carbons (Fsp3) is 0.333. The molecule has 128 valence electrons. The van der Waals surface area contributed by atoms with Crippen LogP contribution in [0.25, 0.3) is 0 Å². The van der Waals surface area contributed by atoms with Crippen molar-refractivity contribution >= 4 is 11.8 Å². The van der Waals surface area contributed by atoms with E-state index in [-0.39, 0.29) is 17.1 Å². The number of aryl methyl sites for hydroxylation is 2. The van der Waals surface area contributed by atoms with Gasteiger partial charge in [0.1, 0.15) is 5.56 Å². The monoisotopic (exact) mass is 331 g/mol. The molecule has 0 spiro atoms. The zero-order valence-electron chi connectivity index (χ0n) is 14.2. The second kappa shape index (κ2) is 6.78. The van der Waals surface area contributed by atoms with Gasteiger partial charge in [0.15, 0.2) is 18.1 Å². The third-order valence-electron chi connectivity index (χ3n) is 4.10. The topological polar surface area (TPSA) is 88.8 Å². The summed E-state index contributed by atoms with van der Waals surface area (Å²) >= 11 is 0. The Labute approximate surface area is 140 Å². The molecule has 0 aliphatic carbocycles. The van der Waals surface area contributed by atoms with Gasteiger partial charge in [0.25, 0.3) is 0 Å². The van der Waals surface area contributed by atoms with Gasteiger partial charge in [-0.25, -0.2) is 4.79 Å². The lowest BCUT2D eigenvalue weighted by atomic mass is 10.1. The summed E-state index contributed by atoms with van der Waals surface area (Å²) in [4.78, 5) is 24.3. The van der Waals surface area contributed by atoms with E-state index in [1.165, 1.54) is 12.1 Å². The van der Waals surface area contributed by atoms with E-state index in [1.54, 1.807) is 13.0 Å². The molecule has 0 saturated carbocycles. The highest BCUT2D eigenvalue weighted by atomic mass is 16.5. The van der Waals surface area contributed by atoms with Crippen molar-refractivity contribution in [1.82, 2.24) is 4.57 Å². The van der Waals surface area contributed by atoms with Crippen LogP contribution in [0.15, 0.2) is 18.2 Å². The van der Waals surface area contributed by atoms with Crippen molar-refractivity contribution in [2.75, 3.05) is 6.61 Å². The first-order valence-corrected chi connectivity index (χ1v) is 7.66. The molecule has 0 bridgehead atoms. The molecule has 2 N–H and O–H groups in total. The van der Waals surface area contributed by atoms with Crippen LogP contribution < -0.4 is 0 Å². The number of hydrogen-bond acceptors (Lipinski definition) is 5. The molecule has 0 fully saturated rings. The number of aromatic nitrogens is 1. The second-order valence-electron chi connectivity index (χ2n) is 5.66. The zero-order valence-corrected chi connectivity index (χ0v) is 14.2. The van der Waals surface area contributed by atoms with E-state index in [9.17, 15) is 19.8 Å². The number of phenolic OH excluding ortho intramolecular Hbond substituents is 2. The number of hydrogen-bond donors (Lipinski definition) is 2. The van der Waals surface area contributed by atoms with Gasteiger partial charge in [-0.2, -0.15) is 0 Å². The second-order valence-corrected chi connectivity index (χ2v) is 5.66. The number of nitrogens with zero attached hydrogens (tertiary/aromatic N) is 1. The third kappa shape index (κ3) is 3.13. The Balaban J connectivity index is 2.12. The first kappa shape index (κ1) is 17.6. The average Bonchev–Trinajstić information content (AvgIpc) is 2.84. The fourth-order valence-corrected chi connectivity index (χ4v) is 2.70. The Morgan fingerprint density at radius 3 is 2.33 bits per heavy atom.